The maximum Gasteiger partial charge on any atom is 0.334 e. The zero-order chi connectivity index (χ0) is 14.4. The number of carbonyl (C=O) groups is 1. The van der Waals surface area contributed by atoms with E-state index in [1.54, 1.807) is 21.1 Å². The Balaban J connectivity index is 4.23. The Morgan fingerprint density at radius 3 is 2.17 bits per heavy atom. The number of hydrogen-bond donors (Lipinski definition) is 0. The molecule has 0 bridgehead atoms. The van der Waals surface area contributed by atoms with Gasteiger partial charge in [-0.05, 0) is 31.4 Å². The van der Waals surface area contributed by atoms with Gasteiger partial charge in [-0.1, -0.05) is 20.4 Å². The summed E-state index contributed by atoms with van der Waals surface area (Å²) in [5.41, 5.74) is 0.343. The fourth-order valence-corrected chi connectivity index (χ4v) is 3.02. The van der Waals surface area contributed by atoms with Gasteiger partial charge in [0.2, 0.25) is 0 Å². The van der Waals surface area contributed by atoms with Crippen LogP contribution in [0.4, 0.5) is 0 Å². The SMILES string of the molecule is C=C(C)C(=O)OCC(C)(C)CC[Si](C)(OC)OC. The van der Waals surface area contributed by atoms with Crippen LogP contribution in [0.3, 0.4) is 0 Å². The van der Waals surface area contributed by atoms with Crippen LogP contribution in [0.2, 0.25) is 12.6 Å². The third-order valence-corrected chi connectivity index (χ3v) is 5.95. The van der Waals surface area contributed by atoms with Gasteiger partial charge in [0.1, 0.15) is 0 Å². The first-order chi connectivity index (χ1) is 8.16. The molecule has 0 aromatic heterocycles. The fourth-order valence-electron chi connectivity index (χ4n) is 1.31. The molecule has 0 aliphatic heterocycles. The molecule has 0 aliphatic rings. The van der Waals surface area contributed by atoms with Crippen molar-refractivity contribution < 1.29 is 18.4 Å². The van der Waals surface area contributed by atoms with E-state index in [0.29, 0.717) is 12.2 Å². The van der Waals surface area contributed by atoms with Crippen molar-refractivity contribution in [2.24, 2.45) is 5.41 Å². The zero-order valence-corrected chi connectivity index (χ0v) is 13.5. The van der Waals surface area contributed by atoms with E-state index in [-0.39, 0.29) is 11.4 Å². The maximum absolute atomic E-state index is 11.3. The lowest BCUT2D eigenvalue weighted by atomic mass is 9.91. The third kappa shape index (κ3) is 6.33. The van der Waals surface area contributed by atoms with Gasteiger partial charge < -0.3 is 13.6 Å². The number of esters is 1. The van der Waals surface area contributed by atoms with Crippen molar-refractivity contribution in [1.29, 1.82) is 0 Å². The highest BCUT2D eigenvalue weighted by molar-refractivity contribution is 6.65. The molecule has 0 N–H and O–H groups in total. The zero-order valence-electron chi connectivity index (χ0n) is 12.5. The van der Waals surface area contributed by atoms with Crippen LogP contribution in [0, 0.1) is 5.41 Å². The van der Waals surface area contributed by atoms with E-state index < -0.39 is 8.56 Å². The largest absolute Gasteiger partial charge is 0.462 e. The van der Waals surface area contributed by atoms with Crippen LogP contribution >= 0.6 is 0 Å². The minimum atomic E-state index is -2.04. The van der Waals surface area contributed by atoms with Crippen molar-refractivity contribution >= 4 is 14.5 Å². The Morgan fingerprint density at radius 2 is 1.78 bits per heavy atom. The topological polar surface area (TPSA) is 44.8 Å². The van der Waals surface area contributed by atoms with E-state index in [4.69, 9.17) is 13.6 Å². The molecule has 0 aliphatic carbocycles. The molecule has 0 atom stereocenters. The Bertz CT molecular complexity index is 295. The first-order valence-corrected chi connectivity index (χ1v) is 8.61. The molecular formula is C13H26O4Si. The molecule has 0 saturated carbocycles. The second kappa shape index (κ2) is 7.06. The Hall–Kier alpha value is -0.653. The summed E-state index contributed by atoms with van der Waals surface area (Å²) in [5, 5.41) is 0. The molecule has 0 fully saturated rings. The van der Waals surface area contributed by atoms with Gasteiger partial charge in [0.25, 0.3) is 0 Å². The molecule has 4 nitrogen and oxygen atoms in total. The van der Waals surface area contributed by atoms with Gasteiger partial charge in [0, 0.05) is 19.8 Å². The molecular weight excluding hydrogens is 248 g/mol. The Labute approximate surface area is 112 Å². The smallest absolute Gasteiger partial charge is 0.334 e. The second-order valence-corrected chi connectivity index (χ2v) is 9.15. The molecule has 5 heteroatoms. The second-order valence-electron chi connectivity index (χ2n) is 5.56. The minimum absolute atomic E-state index is 0.0869. The van der Waals surface area contributed by atoms with Gasteiger partial charge in [-0.25, -0.2) is 4.79 Å². The standard InChI is InChI=1S/C13H26O4Si/c1-11(2)12(14)17-10-13(3,4)8-9-18(7,15-5)16-6/h1,8-10H2,2-7H3. The van der Waals surface area contributed by atoms with E-state index in [9.17, 15) is 4.79 Å². The van der Waals surface area contributed by atoms with E-state index in [1.165, 1.54) is 0 Å². The van der Waals surface area contributed by atoms with Crippen molar-refractivity contribution in [1.82, 2.24) is 0 Å². The van der Waals surface area contributed by atoms with Crippen LogP contribution in [0.25, 0.3) is 0 Å². The lowest BCUT2D eigenvalue weighted by Crippen LogP contribution is -2.37. The van der Waals surface area contributed by atoms with Gasteiger partial charge in [0.15, 0.2) is 0 Å². The fraction of sp³-hybridized carbons (Fsp3) is 0.769. The monoisotopic (exact) mass is 274 g/mol. The average Bonchev–Trinajstić information content (AvgIpc) is 2.33. The lowest BCUT2D eigenvalue weighted by molar-refractivity contribution is -0.142. The van der Waals surface area contributed by atoms with Gasteiger partial charge >= 0.3 is 14.5 Å². The van der Waals surface area contributed by atoms with Crippen molar-refractivity contribution in [3.05, 3.63) is 12.2 Å². The van der Waals surface area contributed by atoms with Gasteiger partial charge in [-0.2, -0.15) is 0 Å². The highest BCUT2D eigenvalue weighted by Crippen LogP contribution is 2.27. The molecule has 0 radical (unpaired) electrons. The molecule has 0 heterocycles. The molecule has 0 rings (SSSR count). The van der Waals surface area contributed by atoms with Crippen LogP contribution in [-0.2, 0) is 18.4 Å². The first kappa shape index (κ1) is 17.3. The summed E-state index contributed by atoms with van der Waals surface area (Å²) in [6.07, 6.45) is 0.890. The van der Waals surface area contributed by atoms with Gasteiger partial charge in [0.05, 0.1) is 6.61 Å². The lowest BCUT2D eigenvalue weighted by Gasteiger charge is -2.29. The Kier molecular flexibility index (Phi) is 6.81. The van der Waals surface area contributed by atoms with E-state index in [0.717, 1.165) is 12.5 Å². The molecule has 106 valence electrons. The molecule has 0 aromatic rings. The number of ether oxygens (including phenoxy) is 1. The first-order valence-electron chi connectivity index (χ1n) is 6.09. The van der Waals surface area contributed by atoms with Crippen molar-refractivity contribution in [2.75, 3.05) is 20.8 Å². The summed E-state index contributed by atoms with van der Waals surface area (Å²) in [4.78, 5) is 11.3. The van der Waals surface area contributed by atoms with Gasteiger partial charge in [-0.3, -0.25) is 0 Å². The highest BCUT2D eigenvalue weighted by Gasteiger charge is 2.32. The summed E-state index contributed by atoms with van der Waals surface area (Å²) in [6, 6.07) is 0.873. The highest BCUT2D eigenvalue weighted by atomic mass is 28.4. The molecule has 18 heavy (non-hydrogen) atoms. The predicted octanol–water partition coefficient (Wildman–Crippen LogP) is 2.89. The molecule has 0 amide bonds. The van der Waals surface area contributed by atoms with Crippen LogP contribution in [0.15, 0.2) is 12.2 Å². The summed E-state index contributed by atoms with van der Waals surface area (Å²) in [7, 11) is 1.33. The molecule has 0 spiro atoms. The summed E-state index contributed by atoms with van der Waals surface area (Å²) in [5.74, 6) is -0.332. The molecule has 0 aromatic carbocycles. The normalized spacial score (nSPS) is 12.3. The third-order valence-electron chi connectivity index (χ3n) is 3.06. The molecule has 0 unspecified atom stereocenters. The minimum Gasteiger partial charge on any atom is -0.462 e. The van der Waals surface area contributed by atoms with E-state index in [2.05, 4.69) is 20.4 Å². The summed E-state index contributed by atoms with van der Waals surface area (Å²) >= 11 is 0. The number of rotatable bonds is 8. The average molecular weight is 274 g/mol. The van der Waals surface area contributed by atoms with Crippen LogP contribution in [0.1, 0.15) is 27.2 Å². The number of hydrogen-bond acceptors (Lipinski definition) is 4. The van der Waals surface area contributed by atoms with E-state index in [1.807, 2.05) is 6.55 Å². The van der Waals surface area contributed by atoms with Crippen molar-refractivity contribution in [2.45, 2.75) is 39.8 Å². The molecule has 0 saturated heterocycles. The van der Waals surface area contributed by atoms with Crippen LogP contribution < -0.4 is 0 Å². The van der Waals surface area contributed by atoms with Crippen LogP contribution in [0.5, 0.6) is 0 Å². The summed E-state index contributed by atoms with van der Waals surface area (Å²) in [6.45, 7) is 11.8. The number of carbonyl (C=O) groups excluding carboxylic acids is 1. The predicted molar refractivity (Wildman–Crippen MR) is 74.6 cm³/mol. The maximum atomic E-state index is 11.3. The van der Waals surface area contributed by atoms with Gasteiger partial charge in [-0.15, -0.1) is 0 Å². The summed E-state index contributed by atoms with van der Waals surface area (Å²) < 4.78 is 16.1. The van der Waals surface area contributed by atoms with Crippen LogP contribution in [-0.4, -0.2) is 35.4 Å². The van der Waals surface area contributed by atoms with Crippen molar-refractivity contribution in [3.63, 3.8) is 0 Å². The quantitative estimate of drug-likeness (QED) is 0.388. The van der Waals surface area contributed by atoms with E-state index >= 15 is 0 Å². The van der Waals surface area contributed by atoms with Crippen molar-refractivity contribution in [3.8, 4) is 0 Å². The Morgan fingerprint density at radius 1 is 1.28 bits per heavy atom.